The van der Waals surface area contributed by atoms with Gasteiger partial charge in [-0.3, -0.25) is 0 Å². The number of nitrogens with zero attached hydrogens (tertiary/aromatic N) is 1. The fourth-order valence-electron chi connectivity index (χ4n) is 1.12. The molecule has 2 aliphatic heterocycles. The SMILES string of the molecule is C1=CC2CSN(C=C1)C2. The summed E-state index contributed by atoms with van der Waals surface area (Å²) in [5, 5.41) is 0. The van der Waals surface area contributed by atoms with Crippen LogP contribution < -0.4 is 0 Å². The summed E-state index contributed by atoms with van der Waals surface area (Å²) in [4.78, 5) is 0. The summed E-state index contributed by atoms with van der Waals surface area (Å²) in [6.07, 6.45) is 8.68. The van der Waals surface area contributed by atoms with Crippen molar-refractivity contribution in [1.29, 1.82) is 0 Å². The largest absolute Gasteiger partial charge is 0.323 e. The lowest BCUT2D eigenvalue weighted by molar-refractivity contribution is 0.585. The van der Waals surface area contributed by atoms with Crippen molar-refractivity contribution in [2.45, 2.75) is 0 Å². The summed E-state index contributed by atoms with van der Waals surface area (Å²) >= 11 is 1.92. The molecule has 0 amide bonds. The van der Waals surface area contributed by atoms with Gasteiger partial charge in [-0.2, -0.15) is 0 Å². The molecule has 0 aromatic heterocycles. The van der Waals surface area contributed by atoms with Crippen LogP contribution in [0.25, 0.3) is 0 Å². The Morgan fingerprint density at radius 2 is 2.44 bits per heavy atom. The molecule has 2 rings (SSSR count). The van der Waals surface area contributed by atoms with Crippen molar-refractivity contribution < 1.29 is 0 Å². The molecule has 0 spiro atoms. The lowest BCUT2D eigenvalue weighted by Gasteiger charge is -2.06. The molecular weight excluding hydrogens is 130 g/mol. The van der Waals surface area contributed by atoms with Crippen molar-refractivity contribution in [3.05, 3.63) is 24.4 Å². The zero-order chi connectivity index (χ0) is 6.10. The number of hydrogen-bond donors (Lipinski definition) is 0. The van der Waals surface area contributed by atoms with Gasteiger partial charge in [0.1, 0.15) is 0 Å². The van der Waals surface area contributed by atoms with E-state index < -0.39 is 0 Å². The zero-order valence-corrected chi connectivity index (χ0v) is 5.97. The molecule has 48 valence electrons. The summed E-state index contributed by atoms with van der Waals surface area (Å²) < 4.78 is 2.30. The molecule has 1 atom stereocenters. The van der Waals surface area contributed by atoms with Crippen LogP contribution in [0.4, 0.5) is 0 Å². The Balaban J connectivity index is 2.20. The molecule has 2 aliphatic rings. The molecule has 2 heteroatoms. The second-order valence-electron chi connectivity index (χ2n) is 2.38. The fourth-order valence-corrected chi connectivity index (χ4v) is 2.17. The predicted octanol–water partition coefficient (Wildman–Crippen LogP) is 1.65. The second-order valence-corrected chi connectivity index (χ2v) is 3.44. The van der Waals surface area contributed by atoms with Gasteiger partial charge in [-0.15, -0.1) is 0 Å². The molecule has 0 saturated carbocycles. The minimum absolute atomic E-state index is 0.796. The van der Waals surface area contributed by atoms with Crippen LogP contribution >= 0.6 is 11.9 Å². The first-order valence-electron chi connectivity index (χ1n) is 3.20. The first kappa shape index (κ1) is 5.42. The first-order valence-corrected chi connectivity index (χ1v) is 4.14. The van der Waals surface area contributed by atoms with Crippen molar-refractivity contribution in [1.82, 2.24) is 4.31 Å². The van der Waals surface area contributed by atoms with Gasteiger partial charge in [-0.25, -0.2) is 0 Å². The van der Waals surface area contributed by atoms with E-state index in [1.165, 1.54) is 12.3 Å². The molecule has 2 bridgehead atoms. The average molecular weight is 139 g/mol. The standard InChI is InChI=1S/C7H9NS/c1-2-4-8-5-7(3-1)6-9-8/h1-4,7H,5-6H2. The number of hydrogen-bond acceptors (Lipinski definition) is 2. The maximum Gasteiger partial charge on any atom is 0.0360 e. The third-order valence-corrected chi connectivity index (χ3v) is 2.80. The van der Waals surface area contributed by atoms with Crippen LogP contribution in [0.2, 0.25) is 0 Å². The number of allylic oxidation sites excluding steroid dienone is 2. The van der Waals surface area contributed by atoms with Gasteiger partial charge in [0, 0.05) is 24.4 Å². The van der Waals surface area contributed by atoms with Gasteiger partial charge < -0.3 is 4.31 Å². The Bertz CT molecular complexity index is 144. The third-order valence-electron chi connectivity index (χ3n) is 1.62. The number of fused-ring (bicyclic) bond motifs is 2. The normalized spacial score (nSPS) is 31.1. The van der Waals surface area contributed by atoms with Crippen LogP contribution in [-0.4, -0.2) is 16.6 Å². The lowest BCUT2D eigenvalue weighted by Crippen LogP contribution is -2.05. The molecule has 0 N–H and O–H groups in total. The molecule has 9 heavy (non-hydrogen) atoms. The molecule has 1 saturated heterocycles. The van der Waals surface area contributed by atoms with Gasteiger partial charge >= 0.3 is 0 Å². The molecule has 0 aromatic rings. The van der Waals surface area contributed by atoms with Crippen LogP contribution in [0.5, 0.6) is 0 Å². The van der Waals surface area contributed by atoms with E-state index in [9.17, 15) is 0 Å². The maximum atomic E-state index is 2.30. The first-order chi connectivity index (χ1) is 4.45. The van der Waals surface area contributed by atoms with Crippen LogP contribution in [0.15, 0.2) is 24.4 Å². The van der Waals surface area contributed by atoms with Gasteiger partial charge in [0.05, 0.1) is 0 Å². The molecule has 2 heterocycles. The van der Waals surface area contributed by atoms with Gasteiger partial charge in [0.2, 0.25) is 0 Å². The number of rotatable bonds is 0. The van der Waals surface area contributed by atoms with Crippen molar-refractivity contribution in [3.63, 3.8) is 0 Å². The summed E-state index contributed by atoms with van der Waals surface area (Å²) in [6.45, 7) is 1.21. The minimum atomic E-state index is 0.796. The molecule has 1 nitrogen and oxygen atoms in total. The molecule has 1 unspecified atom stereocenters. The highest BCUT2D eigenvalue weighted by Crippen LogP contribution is 2.27. The Hall–Kier alpha value is -0.370. The molecule has 0 radical (unpaired) electrons. The van der Waals surface area contributed by atoms with Gasteiger partial charge in [-0.05, 0) is 18.0 Å². The third kappa shape index (κ3) is 0.990. The Kier molecular flexibility index (Phi) is 1.27. The molecule has 0 aromatic carbocycles. The predicted molar refractivity (Wildman–Crippen MR) is 40.9 cm³/mol. The van der Waals surface area contributed by atoms with E-state index in [0.29, 0.717) is 0 Å². The van der Waals surface area contributed by atoms with Crippen molar-refractivity contribution >= 4 is 11.9 Å². The van der Waals surface area contributed by atoms with Crippen LogP contribution in [-0.2, 0) is 0 Å². The van der Waals surface area contributed by atoms with Gasteiger partial charge in [0.25, 0.3) is 0 Å². The van der Waals surface area contributed by atoms with Crippen molar-refractivity contribution in [2.24, 2.45) is 5.92 Å². The quantitative estimate of drug-likeness (QED) is 0.469. The monoisotopic (exact) mass is 139 g/mol. The Labute approximate surface area is 59.6 Å². The summed E-state index contributed by atoms with van der Waals surface area (Å²) in [5.74, 6) is 2.06. The van der Waals surface area contributed by atoms with E-state index in [0.717, 1.165) is 5.92 Å². The summed E-state index contributed by atoms with van der Waals surface area (Å²) in [7, 11) is 0. The molecule has 1 fully saturated rings. The lowest BCUT2D eigenvalue weighted by atomic mass is 10.2. The minimum Gasteiger partial charge on any atom is -0.323 e. The van der Waals surface area contributed by atoms with E-state index in [-0.39, 0.29) is 0 Å². The van der Waals surface area contributed by atoms with Crippen LogP contribution in [0.1, 0.15) is 0 Å². The van der Waals surface area contributed by atoms with E-state index in [4.69, 9.17) is 0 Å². The fraction of sp³-hybridized carbons (Fsp3) is 0.429. The van der Waals surface area contributed by atoms with E-state index in [2.05, 4.69) is 28.7 Å². The van der Waals surface area contributed by atoms with E-state index in [1.54, 1.807) is 0 Å². The summed E-state index contributed by atoms with van der Waals surface area (Å²) in [5.41, 5.74) is 0. The van der Waals surface area contributed by atoms with E-state index in [1.807, 2.05) is 11.9 Å². The topological polar surface area (TPSA) is 3.24 Å². The molecular formula is C7H9NS. The average Bonchev–Trinajstić information content (AvgIpc) is 2.09. The highest BCUT2D eigenvalue weighted by atomic mass is 32.2. The van der Waals surface area contributed by atoms with Crippen LogP contribution in [0.3, 0.4) is 0 Å². The Morgan fingerprint density at radius 3 is 3.44 bits per heavy atom. The zero-order valence-electron chi connectivity index (χ0n) is 5.16. The smallest absolute Gasteiger partial charge is 0.0360 e. The Morgan fingerprint density at radius 1 is 1.44 bits per heavy atom. The van der Waals surface area contributed by atoms with Crippen molar-refractivity contribution in [3.8, 4) is 0 Å². The highest BCUT2D eigenvalue weighted by Gasteiger charge is 2.19. The van der Waals surface area contributed by atoms with Crippen molar-refractivity contribution in [2.75, 3.05) is 12.3 Å². The van der Waals surface area contributed by atoms with Crippen LogP contribution in [0, 0.1) is 5.92 Å². The highest BCUT2D eigenvalue weighted by molar-refractivity contribution is 7.97. The van der Waals surface area contributed by atoms with Gasteiger partial charge in [-0.1, -0.05) is 12.2 Å². The molecule has 0 aliphatic carbocycles. The van der Waals surface area contributed by atoms with Gasteiger partial charge in [0.15, 0.2) is 0 Å². The van der Waals surface area contributed by atoms with E-state index >= 15 is 0 Å². The maximum absolute atomic E-state index is 2.30. The summed E-state index contributed by atoms with van der Waals surface area (Å²) in [6, 6.07) is 0. The second kappa shape index (κ2) is 2.10.